The van der Waals surface area contributed by atoms with Crippen LogP contribution in [-0.2, 0) is 11.3 Å². The van der Waals surface area contributed by atoms with Gasteiger partial charge in [-0.2, -0.15) is 0 Å². The molecule has 1 N–H and O–H groups in total. The number of nitrogens with one attached hydrogen (secondary N) is 1. The number of rotatable bonds is 7. The zero-order valence-electron chi connectivity index (χ0n) is 14.1. The zero-order chi connectivity index (χ0) is 17.5. The Bertz CT molecular complexity index is 678. The molecule has 0 saturated carbocycles. The highest BCUT2D eigenvalue weighted by molar-refractivity contribution is 7.09. The molecule has 0 spiro atoms. The third-order valence-corrected chi connectivity index (χ3v) is 5.18. The van der Waals surface area contributed by atoms with Crippen molar-refractivity contribution in [1.82, 2.24) is 10.2 Å². The Morgan fingerprint density at radius 3 is 3.08 bits per heavy atom. The number of carbonyl (C=O) groups is 1. The standard InChI is InChI=1S/C19H23FN2O2S/c20-16-5-1-6-17(10-16)24-14-19(23)21-11-15-4-2-8-22(12-15)13-18-7-3-9-25-18/h1,3,5-7,9-10,15H,2,4,8,11-14H2,(H,21,23). The van der Waals surface area contributed by atoms with E-state index in [0.717, 1.165) is 32.5 Å². The minimum absolute atomic E-state index is 0.0882. The number of piperidine rings is 1. The summed E-state index contributed by atoms with van der Waals surface area (Å²) in [6.07, 6.45) is 2.29. The number of hydrogen-bond donors (Lipinski definition) is 1. The van der Waals surface area contributed by atoms with Crippen molar-refractivity contribution in [1.29, 1.82) is 0 Å². The van der Waals surface area contributed by atoms with Gasteiger partial charge in [0.2, 0.25) is 0 Å². The zero-order valence-corrected chi connectivity index (χ0v) is 14.9. The molecule has 1 aromatic carbocycles. The van der Waals surface area contributed by atoms with E-state index in [2.05, 4.69) is 27.7 Å². The van der Waals surface area contributed by atoms with Gasteiger partial charge in [0.25, 0.3) is 5.91 Å². The summed E-state index contributed by atoms with van der Waals surface area (Å²) in [6, 6.07) is 10.1. The number of amides is 1. The van der Waals surface area contributed by atoms with E-state index >= 15 is 0 Å². The Morgan fingerprint density at radius 1 is 1.36 bits per heavy atom. The number of likely N-dealkylation sites (tertiary alicyclic amines) is 1. The first-order valence-corrected chi connectivity index (χ1v) is 9.47. The van der Waals surface area contributed by atoms with E-state index in [1.54, 1.807) is 23.5 Å². The second-order valence-corrected chi connectivity index (χ2v) is 7.41. The molecule has 1 unspecified atom stereocenters. The summed E-state index contributed by atoms with van der Waals surface area (Å²) in [5, 5.41) is 5.04. The Hall–Kier alpha value is -1.92. The number of benzene rings is 1. The van der Waals surface area contributed by atoms with Crippen LogP contribution in [0, 0.1) is 11.7 Å². The average Bonchev–Trinajstić information content (AvgIpc) is 3.11. The van der Waals surface area contributed by atoms with Crippen LogP contribution in [0.5, 0.6) is 5.75 Å². The first-order chi connectivity index (χ1) is 12.2. The molecule has 0 radical (unpaired) electrons. The van der Waals surface area contributed by atoms with Crippen molar-refractivity contribution >= 4 is 17.2 Å². The smallest absolute Gasteiger partial charge is 0.257 e. The molecule has 25 heavy (non-hydrogen) atoms. The number of carbonyl (C=O) groups excluding carboxylic acids is 1. The number of nitrogens with zero attached hydrogens (tertiary/aromatic N) is 1. The van der Waals surface area contributed by atoms with E-state index in [1.807, 2.05) is 0 Å². The van der Waals surface area contributed by atoms with Gasteiger partial charge in [-0.3, -0.25) is 9.69 Å². The summed E-state index contributed by atoms with van der Waals surface area (Å²) < 4.78 is 18.4. The molecule has 2 aromatic rings. The van der Waals surface area contributed by atoms with Gasteiger partial charge in [0.05, 0.1) is 0 Å². The monoisotopic (exact) mass is 362 g/mol. The van der Waals surface area contributed by atoms with Gasteiger partial charge in [-0.05, 0) is 48.9 Å². The lowest BCUT2D eigenvalue weighted by Crippen LogP contribution is -2.41. The molecule has 6 heteroatoms. The fourth-order valence-corrected chi connectivity index (χ4v) is 3.85. The molecule has 1 fully saturated rings. The van der Waals surface area contributed by atoms with Crippen molar-refractivity contribution in [2.24, 2.45) is 5.92 Å². The van der Waals surface area contributed by atoms with Crippen LogP contribution < -0.4 is 10.1 Å². The number of halogens is 1. The van der Waals surface area contributed by atoms with Crippen LogP contribution in [0.25, 0.3) is 0 Å². The van der Waals surface area contributed by atoms with E-state index in [0.29, 0.717) is 18.2 Å². The van der Waals surface area contributed by atoms with Crippen LogP contribution in [0.1, 0.15) is 17.7 Å². The third kappa shape index (κ3) is 5.83. The molecular weight excluding hydrogens is 339 g/mol. The first-order valence-electron chi connectivity index (χ1n) is 8.59. The van der Waals surface area contributed by atoms with Crippen LogP contribution in [0.15, 0.2) is 41.8 Å². The minimum atomic E-state index is -0.369. The third-order valence-electron chi connectivity index (χ3n) is 4.32. The second-order valence-electron chi connectivity index (χ2n) is 6.37. The van der Waals surface area contributed by atoms with Gasteiger partial charge < -0.3 is 10.1 Å². The summed E-state index contributed by atoms with van der Waals surface area (Å²) in [7, 11) is 0. The van der Waals surface area contributed by atoms with E-state index < -0.39 is 0 Å². The Balaban J connectivity index is 1.38. The normalized spacial score (nSPS) is 18.0. The number of thiophene rings is 1. The maximum atomic E-state index is 13.1. The molecule has 1 aliphatic heterocycles. The highest BCUT2D eigenvalue weighted by Crippen LogP contribution is 2.20. The summed E-state index contributed by atoms with van der Waals surface area (Å²) >= 11 is 1.79. The lowest BCUT2D eigenvalue weighted by Gasteiger charge is -2.32. The quantitative estimate of drug-likeness (QED) is 0.822. The van der Waals surface area contributed by atoms with E-state index in [-0.39, 0.29) is 18.3 Å². The SMILES string of the molecule is O=C(COc1cccc(F)c1)NCC1CCCN(Cc2cccs2)C1. The Morgan fingerprint density at radius 2 is 2.28 bits per heavy atom. The van der Waals surface area contributed by atoms with Crippen molar-refractivity contribution in [3.05, 3.63) is 52.5 Å². The molecule has 134 valence electrons. The molecule has 1 amide bonds. The molecule has 4 nitrogen and oxygen atoms in total. The summed E-state index contributed by atoms with van der Waals surface area (Å²) in [5.41, 5.74) is 0. The lowest BCUT2D eigenvalue weighted by molar-refractivity contribution is -0.123. The van der Waals surface area contributed by atoms with Crippen LogP contribution in [0.4, 0.5) is 4.39 Å². The van der Waals surface area contributed by atoms with Crippen molar-refractivity contribution in [3.8, 4) is 5.75 Å². The fraction of sp³-hybridized carbons (Fsp3) is 0.421. The number of hydrogen-bond acceptors (Lipinski definition) is 4. The molecular formula is C19H23FN2O2S. The summed E-state index contributed by atoms with van der Waals surface area (Å²) in [6.45, 7) is 3.68. The molecule has 3 rings (SSSR count). The highest BCUT2D eigenvalue weighted by Gasteiger charge is 2.20. The van der Waals surface area contributed by atoms with Crippen LogP contribution in [0.3, 0.4) is 0 Å². The molecule has 0 bridgehead atoms. The first kappa shape index (κ1) is 17.9. The van der Waals surface area contributed by atoms with Gasteiger partial charge in [0, 0.05) is 30.6 Å². The Labute approximate surface area is 151 Å². The molecule has 0 aliphatic carbocycles. The predicted molar refractivity (Wildman–Crippen MR) is 97.2 cm³/mol. The van der Waals surface area contributed by atoms with E-state index in [9.17, 15) is 9.18 Å². The fourth-order valence-electron chi connectivity index (χ4n) is 3.10. The lowest BCUT2D eigenvalue weighted by atomic mass is 9.98. The van der Waals surface area contributed by atoms with Crippen LogP contribution in [-0.4, -0.2) is 37.0 Å². The van der Waals surface area contributed by atoms with E-state index in [4.69, 9.17) is 4.74 Å². The predicted octanol–water partition coefficient (Wildman–Crippen LogP) is 3.29. The summed E-state index contributed by atoms with van der Waals surface area (Å²) in [5.74, 6) is 0.298. The van der Waals surface area contributed by atoms with Gasteiger partial charge >= 0.3 is 0 Å². The molecule has 2 heterocycles. The molecule has 1 atom stereocenters. The maximum absolute atomic E-state index is 13.1. The van der Waals surface area contributed by atoms with Gasteiger partial charge in [0.15, 0.2) is 6.61 Å². The number of ether oxygens (including phenoxy) is 1. The molecule has 1 aromatic heterocycles. The molecule has 1 saturated heterocycles. The van der Waals surface area contributed by atoms with Crippen molar-refractivity contribution in [2.75, 3.05) is 26.2 Å². The minimum Gasteiger partial charge on any atom is -0.484 e. The van der Waals surface area contributed by atoms with Crippen molar-refractivity contribution < 1.29 is 13.9 Å². The van der Waals surface area contributed by atoms with Crippen LogP contribution in [0.2, 0.25) is 0 Å². The van der Waals surface area contributed by atoms with Gasteiger partial charge in [-0.15, -0.1) is 11.3 Å². The van der Waals surface area contributed by atoms with Gasteiger partial charge in [-0.1, -0.05) is 12.1 Å². The van der Waals surface area contributed by atoms with Gasteiger partial charge in [0.1, 0.15) is 11.6 Å². The largest absolute Gasteiger partial charge is 0.484 e. The average molecular weight is 362 g/mol. The van der Waals surface area contributed by atoms with E-state index in [1.165, 1.54) is 17.0 Å². The second kappa shape index (κ2) is 8.97. The topological polar surface area (TPSA) is 41.6 Å². The van der Waals surface area contributed by atoms with Crippen molar-refractivity contribution in [2.45, 2.75) is 19.4 Å². The highest BCUT2D eigenvalue weighted by atomic mass is 32.1. The molecule has 1 aliphatic rings. The Kier molecular flexibility index (Phi) is 6.42. The maximum Gasteiger partial charge on any atom is 0.257 e. The van der Waals surface area contributed by atoms with Crippen molar-refractivity contribution in [3.63, 3.8) is 0 Å². The van der Waals surface area contributed by atoms with Gasteiger partial charge in [-0.25, -0.2) is 4.39 Å². The summed E-state index contributed by atoms with van der Waals surface area (Å²) in [4.78, 5) is 15.8. The van der Waals surface area contributed by atoms with Crippen LogP contribution >= 0.6 is 11.3 Å².